The van der Waals surface area contributed by atoms with Crippen molar-refractivity contribution in [3.05, 3.63) is 33.9 Å². The highest BCUT2D eigenvalue weighted by Gasteiger charge is 2.16. The van der Waals surface area contributed by atoms with Crippen LogP contribution in [0.3, 0.4) is 0 Å². The lowest BCUT2D eigenvalue weighted by Gasteiger charge is -2.07. The maximum Gasteiger partial charge on any atom is 0.128 e. The summed E-state index contributed by atoms with van der Waals surface area (Å²) < 4.78 is 18.6. The first-order valence-electron chi connectivity index (χ1n) is 5.52. The largest absolute Gasteiger partial charge is 0.496 e. The van der Waals surface area contributed by atoms with E-state index in [2.05, 4.69) is 4.98 Å². The number of methoxy groups -OCH3 is 1. The van der Waals surface area contributed by atoms with Crippen LogP contribution in [0.25, 0.3) is 11.3 Å². The third-order valence-corrected chi connectivity index (χ3v) is 3.73. The van der Waals surface area contributed by atoms with Gasteiger partial charge in [-0.2, -0.15) is 0 Å². The molecule has 0 aliphatic rings. The Morgan fingerprint density at radius 3 is 2.72 bits per heavy atom. The topological polar surface area (TPSA) is 42.4 Å². The number of ether oxygens (including phenoxy) is 1. The highest BCUT2D eigenvalue weighted by atomic mass is 32.1. The summed E-state index contributed by atoms with van der Waals surface area (Å²) >= 11 is 1.40. The van der Waals surface area contributed by atoms with Gasteiger partial charge in [0.05, 0.1) is 12.8 Å². The van der Waals surface area contributed by atoms with Crippen LogP contribution in [0.5, 0.6) is 5.75 Å². The fourth-order valence-electron chi connectivity index (χ4n) is 1.71. The van der Waals surface area contributed by atoms with Crippen molar-refractivity contribution < 1.29 is 14.2 Å². The molecule has 0 saturated carbocycles. The summed E-state index contributed by atoms with van der Waals surface area (Å²) in [6, 6.07) is 4.32. The second-order valence-electron chi connectivity index (χ2n) is 3.98. The molecule has 0 radical (unpaired) electrons. The van der Waals surface area contributed by atoms with Crippen molar-refractivity contribution >= 4 is 11.3 Å². The van der Waals surface area contributed by atoms with Gasteiger partial charge in [0.2, 0.25) is 0 Å². The summed E-state index contributed by atoms with van der Waals surface area (Å²) in [5, 5.41) is 10.2. The van der Waals surface area contributed by atoms with E-state index in [0.29, 0.717) is 22.0 Å². The summed E-state index contributed by atoms with van der Waals surface area (Å²) in [6.45, 7) is 3.55. The number of hydrogen-bond acceptors (Lipinski definition) is 4. The zero-order valence-electron chi connectivity index (χ0n) is 10.4. The van der Waals surface area contributed by atoms with Crippen molar-refractivity contribution in [1.82, 2.24) is 4.98 Å². The van der Waals surface area contributed by atoms with Crippen LogP contribution in [0.4, 0.5) is 4.39 Å². The predicted octanol–water partition coefficient (Wildman–Crippen LogP) is 3.32. The number of thiazole rings is 1. The normalized spacial score (nSPS) is 12.5. The van der Waals surface area contributed by atoms with Gasteiger partial charge in [-0.05, 0) is 32.0 Å². The Morgan fingerprint density at radius 2 is 2.17 bits per heavy atom. The zero-order valence-corrected chi connectivity index (χ0v) is 11.2. The average Bonchev–Trinajstić information content (AvgIpc) is 2.71. The third-order valence-electron chi connectivity index (χ3n) is 2.59. The smallest absolute Gasteiger partial charge is 0.128 e. The van der Waals surface area contributed by atoms with Crippen LogP contribution in [0.15, 0.2) is 18.2 Å². The van der Waals surface area contributed by atoms with Gasteiger partial charge in [0.25, 0.3) is 0 Å². The second-order valence-corrected chi connectivity index (χ2v) is 5.21. The Labute approximate surface area is 109 Å². The molecule has 1 atom stereocenters. The van der Waals surface area contributed by atoms with E-state index in [9.17, 15) is 9.50 Å². The van der Waals surface area contributed by atoms with E-state index in [1.54, 1.807) is 13.0 Å². The minimum absolute atomic E-state index is 0.336. The molecule has 0 bridgehead atoms. The van der Waals surface area contributed by atoms with E-state index in [4.69, 9.17) is 4.74 Å². The minimum Gasteiger partial charge on any atom is -0.496 e. The van der Waals surface area contributed by atoms with Crippen LogP contribution in [0.2, 0.25) is 0 Å². The average molecular weight is 267 g/mol. The van der Waals surface area contributed by atoms with Gasteiger partial charge in [-0.1, -0.05) is 0 Å². The lowest BCUT2D eigenvalue weighted by molar-refractivity contribution is 0.199. The molecule has 3 nitrogen and oxygen atoms in total. The number of nitrogens with zero attached hydrogens (tertiary/aromatic N) is 1. The Kier molecular flexibility index (Phi) is 3.63. The van der Waals surface area contributed by atoms with E-state index < -0.39 is 6.10 Å². The minimum atomic E-state index is -0.623. The first-order valence-corrected chi connectivity index (χ1v) is 6.34. The molecule has 1 aromatic heterocycles. The number of aromatic nitrogens is 1. The Hall–Kier alpha value is -1.46. The SMILES string of the molecule is COc1ccc(F)cc1-c1nc(C(C)O)sc1C. The first kappa shape index (κ1) is 13.0. The van der Waals surface area contributed by atoms with Crippen molar-refractivity contribution in [3.63, 3.8) is 0 Å². The van der Waals surface area contributed by atoms with E-state index >= 15 is 0 Å². The van der Waals surface area contributed by atoms with Gasteiger partial charge >= 0.3 is 0 Å². The molecule has 0 aliphatic carbocycles. The third kappa shape index (κ3) is 2.37. The molecule has 1 unspecified atom stereocenters. The van der Waals surface area contributed by atoms with Gasteiger partial charge in [-0.15, -0.1) is 11.3 Å². The van der Waals surface area contributed by atoms with Crippen molar-refractivity contribution in [2.24, 2.45) is 0 Å². The molecule has 1 N–H and O–H groups in total. The second kappa shape index (κ2) is 5.04. The molecule has 0 aliphatic heterocycles. The maximum absolute atomic E-state index is 13.3. The number of aliphatic hydroxyl groups is 1. The lowest BCUT2D eigenvalue weighted by Crippen LogP contribution is -1.92. The molecule has 2 aromatic rings. The number of aliphatic hydroxyl groups excluding tert-OH is 1. The van der Waals surface area contributed by atoms with Crippen molar-refractivity contribution in [2.75, 3.05) is 7.11 Å². The number of halogens is 1. The quantitative estimate of drug-likeness (QED) is 0.927. The highest BCUT2D eigenvalue weighted by Crippen LogP contribution is 2.35. The van der Waals surface area contributed by atoms with E-state index in [-0.39, 0.29) is 5.82 Å². The molecule has 1 heterocycles. The van der Waals surface area contributed by atoms with Crippen LogP contribution >= 0.6 is 11.3 Å². The maximum atomic E-state index is 13.3. The van der Waals surface area contributed by atoms with Gasteiger partial charge in [0.1, 0.15) is 22.7 Å². The molecular formula is C13H14FNO2S. The molecule has 0 saturated heterocycles. The summed E-state index contributed by atoms with van der Waals surface area (Å²) in [5.41, 5.74) is 1.27. The molecular weight excluding hydrogens is 253 g/mol. The van der Waals surface area contributed by atoms with E-state index in [1.807, 2.05) is 6.92 Å². The van der Waals surface area contributed by atoms with E-state index in [1.165, 1.54) is 30.6 Å². The van der Waals surface area contributed by atoms with Crippen LogP contribution in [-0.4, -0.2) is 17.2 Å². The summed E-state index contributed by atoms with van der Waals surface area (Å²) in [5.74, 6) is 0.235. The fourth-order valence-corrected chi connectivity index (χ4v) is 2.58. The van der Waals surface area contributed by atoms with Crippen molar-refractivity contribution in [2.45, 2.75) is 20.0 Å². The van der Waals surface area contributed by atoms with Gasteiger partial charge < -0.3 is 9.84 Å². The molecule has 0 fully saturated rings. The molecule has 96 valence electrons. The van der Waals surface area contributed by atoms with Crippen LogP contribution in [0.1, 0.15) is 22.9 Å². The summed E-state index contributed by atoms with van der Waals surface area (Å²) in [4.78, 5) is 5.28. The molecule has 0 amide bonds. The predicted molar refractivity (Wildman–Crippen MR) is 69.4 cm³/mol. The Bertz CT molecular complexity index is 566. The van der Waals surface area contributed by atoms with Gasteiger partial charge in [-0.3, -0.25) is 0 Å². The summed E-state index contributed by atoms with van der Waals surface area (Å²) in [7, 11) is 1.54. The monoisotopic (exact) mass is 267 g/mol. The molecule has 18 heavy (non-hydrogen) atoms. The summed E-state index contributed by atoms with van der Waals surface area (Å²) in [6.07, 6.45) is -0.623. The number of aryl methyl sites for hydroxylation is 1. The van der Waals surface area contributed by atoms with Crippen molar-refractivity contribution in [1.29, 1.82) is 0 Å². The van der Waals surface area contributed by atoms with Crippen LogP contribution in [-0.2, 0) is 0 Å². The standard InChI is InChI=1S/C13H14FNO2S/c1-7(16)13-15-12(8(2)18-13)10-6-9(14)4-5-11(10)17-3/h4-7,16H,1-3H3. The van der Waals surface area contributed by atoms with Crippen LogP contribution in [0, 0.1) is 12.7 Å². The molecule has 0 spiro atoms. The molecule has 5 heteroatoms. The number of benzene rings is 1. The van der Waals surface area contributed by atoms with E-state index in [0.717, 1.165) is 4.88 Å². The first-order chi connectivity index (χ1) is 8.52. The molecule has 1 aromatic carbocycles. The zero-order chi connectivity index (χ0) is 13.3. The Morgan fingerprint density at radius 1 is 1.44 bits per heavy atom. The Balaban J connectivity index is 2.57. The van der Waals surface area contributed by atoms with Crippen molar-refractivity contribution in [3.8, 4) is 17.0 Å². The number of hydrogen-bond donors (Lipinski definition) is 1. The highest BCUT2D eigenvalue weighted by molar-refractivity contribution is 7.12. The van der Waals surface area contributed by atoms with Gasteiger partial charge in [0.15, 0.2) is 0 Å². The fraction of sp³-hybridized carbons (Fsp3) is 0.308. The van der Waals surface area contributed by atoms with Gasteiger partial charge in [-0.25, -0.2) is 9.37 Å². The lowest BCUT2D eigenvalue weighted by atomic mass is 10.1. The number of rotatable bonds is 3. The van der Waals surface area contributed by atoms with Gasteiger partial charge in [0, 0.05) is 10.4 Å². The van der Waals surface area contributed by atoms with Crippen LogP contribution < -0.4 is 4.74 Å². The molecule has 2 rings (SSSR count).